The summed E-state index contributed by atoms with van der Waals surface area (Å²) in [6.45, 7) is 12.4. The largest absolute Gasteiger partial charge is 0.341 e. The summed E-state index contributed by atoms with van der Waals surface area (Å²) in [6.07, 6.45) is 5.80. The molecule has 1 amide bonds. The standard InChI is InChI=1S/C19H36N4O/c1-3-8-22-9-4-5-18(22)19(24)23-10-6-17(7-11-23)16-21-14-12-20(2)13-15-21/h17-18H,3-16H2,1-2H3/t18-/m0/s1. The molecule has 0 aromatic heterocycles. The van der Waals surface area contributed by atoms with E-state index in [4.69, 9.17) is 0 Å². The van der Waals surface area contributed by atoms with Gasteiger partial charge in [0.15, 0.2) is 0 Å². The van der Waals surface area contributed by atoms with E-state index in [1.807, 2.05) is 0 Å². The molecule has 0 aliphatic carbocycles. The number of likely N-dealkylation sites (N-methyl/N-ethyl adjacent to an activating group) is 1. The topological polar surface area (TPSA) is 30.0 Å². The van der Waals surface area contributed by atoms with Crippen LogP contribution in [0.15, 0.2) is 0 Å². The van der Waals surface area contributed by atoms with E-state index in [0.29, 0.717) is 5.91 Å². The molecule has 0 aromatic rings. The number of carbonyl (C=O) groups is 1. The van der Waals surface area contributed by atoms with E-state index in [1.54, 1.807) is 0 Å². The lowest BCUT2D eigenvalue weighted by Crippen LogP contribution is -2.50. The van der Waals surface area contributed by atoms with Crippen LogP contribution in [-0.4, -0.2) is 97.5 Å². The highest BCUT2D eigenvalue weighted by atomic mass is 16.2. The number of hydrogen-bond donors (Lipinski definition) is 0. The van der Waals surface area contributed by atoms with Gasteiger partial charge in [-0.25, -0.2) is 0 Å². The monoisotopic (exact) mass is 336 g/mol. The van der Waals surface area contributed by atoms with Gasteiger partial charge in [0.1, 0.15) is 0 Å². The Morgan fingerprint density at radius 3 is 2.33 bits per heavy atom. The van der Waals surface area contributed by atoms with Gasteiger partial charge in [0, 0.05) is 45.8 Å². The van der Waals surface area contributed by atoms with Crippen molar-refractivity contribution in [1.82, 2.24) is 19.6 Å². The van der Waals surface area contributed by atoms with Crippen LogP contribution in [-0.2, 0) is 4.79 Å². The van der Waals surface area contributed by atoms with Crippen LogP contribution in [0.4, 0.5) is 0 Å². The molecule has 138 valence electrons. The zero-order valence-electron chi connectivity index (χ0n) is 15.8. The average molecular weight is 337 g/mol. The van der Waals surface area contributed by atoms with Crippen LogP contribution in [0.5, 0.6) is 0 Å². The molecule has 3 aliphatic rings. The second kappa shape index (κ2) is 8.63. The molecular formula is C19H36N4O. The molecule has 3 aliphatic heterocycles. The Balaban J connectivity index is 1.42. The Morgan fingerprint density at radius 2 is 1.67 bits per heavy atom. The average Bonchev–Trinajstić information content (AvgIpc) is 3.06. The lowest BCUT2D eigenvalue weighted by molar-refractivity contribution is -0.137. The predicted molar refractivity (Wildman–Crippen MR) is 98.1 cm³/mol. The van der Waals surface area contributed by atoms with Gasteiger partial charge in [0.2, 0.25) is 5.91 Å². The quantitative estimate of drug-likeness (QED) is 0.758. The van der Waals surface area contributed by atoms with Gasteiger partial charge in [-0.2, -0.15) is 0 Å². The van der Waals surface area contributed by atoms with Crippen molar-refractivity contribution in [3.05, 3.63) is 0 Å². The zero-order chi connectivity index (χ0) is 16.9. The van der Waals surface area contributed by atoms with E-state index in [-0.39, 0.29) is 6.04 Å². The van der Waals surface area contributed by atoms with E-state index in [2.05, 4.69) is 33.6 Å². The van der Waals surface area contributed by atoms with E-state index >= 15 is 0 Å². The van der Waals surface area contributed by atoms with E-state index in [9.17, 15) is 4.79 Å². The van der Waals surface area contributed by atoms with Gasteiger partial charge in [-0.3, -0.25) is 9.69 Å². The van der Waals surface area contributed by atoms with Gasteiger partial charge in [-0.05, 0) is 58.2 Å². The summed E-state index contributed by atoms with van der Waals surface area (Å²) in [4.78, 5) is 22.5. The Bertz CT molecular complexity index is 400. The number of nitrogens with zero attached hydrogens (tertiary/aromatic N) is 4. The summed E-state index contributed by atoms with van der Waals surface area (Å²) >= 11 is 0. The van der Waals surface area contributed by atoms with Crippen molar-refractivity contribution in [2.24, 2.45) is 5.92 Å². The molecule has 0 saturated carbocycles. The Hall–Kier alpha value is -0.650. The number of piperidine rings is 1. The fourth-order valence-electron chi connectivity index (χ4n) is 4.60. The molecule has 3 fully saturated rings. The molecule has 3 rings (SSSR count). The minimum atomic E-state index is 0.180. The van der Waals surface area contributed by atoms with Crippen LogP contribution in [0.2, 0.25) is 0 Å². The van der Waals surface area contributed by atoms with Gasteiger partial charge in [0.25, 0.3) is 0 Å². The van der Waals surface area contributed by atoms with Gasteiger partial charge in [0.05, 0.1) is 6.04 Å². The molecule has 0 radical (unpaired) electrons. The predicted octanol–water partition coefficient (Wildman–Crippen LogP) is 1.35. The zero-order valence-corrected chi connectivity index (χ0v) is 15.8. The van der Waals surface area contributed by atoms with Crippen molar-refractivity contribution in [2.45, 2.75) is 45.1 Å². The van der Waals surface area contributed by atoms with Crippen LogP contribution >= 0.6 is 0 Å². The fraction of sp³-hybridized carbons (Fsp3) is 0.947. The molecule has 5 nitrogen and oxygen atoms in total. The Labute approximate surface area is 147 Å². The molecule has 3 saturated heterocycles. The highest BCUT2D eigenvalue weighted by Crippen LogP contribution is 2.24. The SMILES string of the molecule is CCCN1CCC[C@H]1C(=O)N1CCC(CN2CCN(C)CC2)CC1. The van der Waals surface area contributed by atoms with E-state index in [1.165, 1.54) is 52.0 Å². The number of rotatable bonds is 5. The van der Waals surface area contributed by atoms with Crippen LogP contribution < -0.4 is 0 Å². The molecule has 1 atom stereocenters. The summed E-state index contributed by atoms with van der Waals surface area (Å²) in [5.41, 5.74) is 0. The van der Waals surface area contributed by atoms with Crippen LogP contribution in [0.3, 0.4) is 0 Å². The third-order valence-corrected chi connectivity index (χ3v) is 6.20. The van der Waals surface area contributed by atoms with Crippen molar-refractivity contribution in [1.29, 1.82) is 0 Å². The molecular weight excluding hydrogens is 300 g/mol. The first-order valence-corrected chi connectivity index (χ1v) is 10.1. The van der Waals surface area contributed by atoms with Gasteiger partial charge in [-0.15, -0.1) is 0 Å². The van der Waals surface area contributed by atoms with Crippen molar-refractivity contribution in [3.8, 4) is 0 Å². The number of amides is 1. The number of hydrogen-bond acceptors (Lipinski definition) is 4. The summed E-state index contributed by atoms with van der Waals surface area (Å²) in [6, 6.07) is 0.180. The summed E-state index contributed by atoms with van der Waals surface area (Å²) in [7, 11) is 2.21. The van der Waals surface area contributed by atoms with Crippen molar-refractivity contribution in [3.63, 3.8) is 0 Å². The van der Waals surface area contributed by atoms with Crippen molar-refractivity contribution in [2.75, 3.05) is 66.0 Å². The molecule has 3 heterocycles. The van der Waals surface area contributed by atoms with Crippen molar-refractivity contribution >= 4 is 5.91 Å². The van der Waals surface area contributed by atoms with E-state index in [0.717, 1.165) is 44.9 Å². The minimum absolute atomic E-state index is 0.180. The number of piperazine rings is 1. The first-order chi connectivity index (χ1) is 11.7. The Kier molecular flexibility index (Phi) is 6.53. The van der Waals surface area contributed by atoms with Gasteiger partial charge < -0.3 is 14.7 Å². The summed E-state index contributed by atoms with van der Waals surface area (Å²) in [5, 5.41) is 0. The normalized spacial score (nSPS) is 28.6. The third kappa shape index (κ3) is 4.50. The number of likely N-dealkylation sites (tertiary alicyclic amines) is 2. The first kappa shape index (κ1) is 18.2. The van der Waals surface area contributed by atoms with Crippen LogP contribution in [0.1, 0.15) is 39.0 Å². The fourth-order valence-corrected chi connectivity index (χ4v) is 4.60. The van der Waals surface area contributed by atoms with Gasteiger partial charge >= 0.3 is 0 Å². The molecule has 0 unspecified atom stereocenters. The first-order valence-electron chi connectivity index (χ1n) is 10.1. The second-order valence-corrected chi connectivity index (χ2v) is 8.07. The summed E-state index contributed by atoms with van der Waals surface area (Å²) < 4.78 is 0. The molecule has 5 heteroatoms. The highest BCUT2D eigenvalue weighted by Gasteiger charge is 2.34. The second-order valence-electron chi connectivity index (χ2n) is 8.07. The maximum Gasteiger partial charge on any atom is 0.239 e. The highest BCUT2D eigenvalue weighted by molar-refractivity contribution is 5.82. The van der Waals surface area contributed by atoms with Crippen molar-refractivity contribution < 1.29 is 4.79 Å². The maximum atomic E-state index is 12.9. The molecule has 0 spiro atoms. The van der Waals surface area contributed by atoms with Gasteiger partial charge in [-0.1, -0.05) is 6.92 Å². The van der Waals surface area contributed by atoms with Crippen LogP contribution in [0.25, 0.3) is 0 Å². The lowest BCUT2D eigenvalue weighted by atomic mass is 9.95. The third-order valence-electron chi connectivity index (χ3n) is 6.20. The smallest absolute Gasteiger partial charge is 0.239 e. The molecule has 24 heavy (non-hydrogen) atoms. The molecule has 0 aromatic carbocycles. The lowest BCUT2D eigenvalue weighted by Gasteiger charge is -2.39. The summed E-state index contributed by atoms with van der Waals surface area (Å²) in [5.74, 6) is 1.20. The van der Waals surface area contributed by atoms with Crippen LogP contribution in [0, 0.1) is 5.92 Å². The maximum absolute atomic E-state index is 12.9. The van der Waals surface area contributed by atoms with E-state index < -0.39 is 0 Å². The molecule has 0 N–H and O–H groups in total. The molecule has 0 bridgehead atoms. The Morgan fingerprint density at radius 1 is 0.958 bits per heavy atom. The number of carbonyl (C=O) groups excluding carboxylic acids is 1. The minimum Gasteiger partial charge on any atom is -0.341 e.